The summed E-state index contributed by atoms with van der Waals surface area (Å²) in [6, 6.07) is 9.96. The lowest BCUT2D eigenvalue weighted by Crippen LogP contribution is -2.24. The van der Waals surface area contributed by atoms with Gasteiger partial charge in [0.05, 0.1) is 24.0 Å². The van der Waals surface area contributed by atoms with E-state index in [1.807, 2.05) is 30.3 Å². The molecule has 2 heterocycles. The van der Waals surface area contributed by atoms with Crippen LogP contribution in [0.2, 0.25) is 0 Å². The van der Waals surface area contributed by atoms with Crippen LogP contribution in [0.4, 0.5) is 0 Å². The van der Waals surface area contributed by atoms with Gasteiger partial charge in [0.2, 0.25) is 5.89 Å². The summed E-state index contributed by atoms with van der Waals surface area (Å²) in [6.45, 7) is 0.204. The first-order valence-corrected chi connectivity index (χ1v) is 9.46. The van der Waals surface area contributed by atoms with Gasteiger partial charge >= 0.3 is 0 Å². The average molecular weight is 365 g/mol. The SMILES string of the molecule is O=C(NCc1nc(Cc2ccccc2)no1)c1cn[nH]c1C1CCCCC1. The van der Waals surface area contributed by atoms with E-state index in [0.29, 0.717) is 29.6 Å². The Hall–Kier alpha value is -2.96. The Bertz CT molecular complexity index is 881. The molecule has 2 aromatic heterocycles. The lowest BCUT2D eigenvalue weighted by atomic mass is 9.85. The first-order chi connectivity index (χ1) is 13.3. The Morgan fingerprint density at radius 2 is 2.00 bits per heavy atom. The summed E-state index contributed by atoms with van der Waals surface area (Å²) in [6.07, 6.45) is 8.10. The third-order valence-electron chi connectivity index (χ3n) is 5.04. The van der Waals surface area contributed by atoms with E-state index in [2.05, 4.69) is 25.7 Å². The number of nitrogens with zero attached hydrogens (tertiary/aromatic N) is 3. The molecule has 27 heavy (non-hydrogen) atoms. The molecule has 0 bridgehead atoms. The minimum Gasteiger partial charge on any atom is -0.343 e. The molecule has 4 rings (SSSR count). The molecule has 1 aliphatic rings. The van der Waals surface area contributed by atoms with Crippen molar-refractivity contribution < 1.29 is 9.32 Å². The van der Waals surface area contributed by atoms with Gasteiger partial charge in [-0.15, -0.1) is 0 Å². The Morgan fingerprint density at radius 3 is 2.81 bits per heavy atom. The number of hydrogen-bond donors (Lipinski definition) is 2. The highest BCUT2D eigenvalue weighted by molar-refractivity contribution is 5.95. The first-order valence-electron chi connectivity index (χ1n) is 9.46. The zero-order valence-corrected chi connectivity index (χ0v) is 15.1. The monoisotopic (exact) mass is 365 g/mol. The van der Waals surface area contributed by atoms with Crippen LogP contribution in [-0.4, -0.2) is 26.2 Å². The van der Waals surface area contributed by atoms with Crippen molar-refractivity contribution in [2.24, 2.45) is 0 Å². The van der Waals surface area contributed by atoms with Crippen LogP contribution in [0.3, 0.4) is 0 Å². The number of hydrogen-bond acceptors (Lipinski definition) is 5. The molecule has 1 aromatic carbocycles. The lowest BCUT2D eigenvalue weighted by molar-refractivity contribution is 0.0944. The second kappa shape index (κ2) is 8.16. The largest absolute Gasteiger partial charge is 0.343 e. The normalized spacial score (nSPS) is 15.0. The number of aromatic nitrogens is 4. The van der Waals surface area contributed by atoms with Crippen LogP contribution in [0, 0.1) is 0 Å². The second-order valence-electron chi connectivity index (χ2n) is 6.98. The average Bonchev–Trinajstić information content (AvgIpc) is 3.37. The summed E-state index contributed by atoms with van der Waals surface area (Å²) < 4.78 is 5.25. The van der Waals surface area contributed by atoms with Crippen molar-refractivity contribution in [1.29, 1.82) is 0 Å². The molecule has 2 N–H and O–H groups in total. The van der Waals surface area contributed by atoms with Gasteiger partial charge in [-0.05, 0) is 18.4 Å². The van der Waals surface area contributed by atoms with Crippen LogP contribution < -0.4 is 5.32 Å². The highest BCUT2D eigenvalue weighted by atomic mass is 16.5. The summed E-state index contributed by atoms with van der Waals surface area (Å²) in [5.41, 5.74) is 2.68. The lowest BCUT2D eigenvalue weighted by Gasteiger charge is -2.21. The molecule has 0 aliphatic heterocycles. The summed E-state index contributed by atoms with van der Waals surface area (Å²) in [7, 11) is 0. The van der Waals surface area contributed by atoms with Gasteiger partial charge in [0.1, 0.15) is 0 Å². The molecule has 0 radical (unpaired) electrons. The summed E-state index contributed by atoms with van der Waals surface area (Å²) in [5, 5.41) is 14.0. The number of rotatable bonds is 6. The smallest absolute Gasteiger partial charge is 0.255 e. The number of carbonyl (C=O) groups is 1. The number of benzene rings is 1. The highest BCUT2D eigenvalue weighted by Crippen LogP contribution is 2.33. The number of amides is 1. The van der Waals surface area contributed by atoms with E-state index in [9.17, 15) is 4.79 Å². The molecule has 0 atom stereocenters. The van der Waals surface area contributed by atoms with Gasteiger partial charge in [-0.1, -0.05) is 54.8 Å². The fourth-order valence-corrected chi connectivity index (χ4v) is 3.64. The van der Waals surface area contributed by atoms with Crippen LogP contribution in [-0.2, 0) is 13.0 Å². The van der Waals surface area contributed by atoms with Gasteiger partial charge in [0, 0.05) is 12.3 Å². The van der Waals surface area contributed by atoms with Gasteiger partial charge < -0.3 is 9.84 Å². The Kier molecular flexibility index (Phi) is 5.27. The number of carbonyl (C=O) groups excluding carboxylic acids is 1. The second-order valence-corrected chi connectivity index (χ2v) is 6.98. The highest BCUT2D eigenvalue weighted by Gasteiger charge is 2.23. The summed E-state index contributed by atoms with van der Waals surface area (Å²) in [5.74, 6) is 1.24. The molecule has 0 saturated heterocycles. The molecule has 0 unspecified atom stereocenters. The maximum Gasteiger partial charge on any atom is 0.255 e. The molecule has 1 saturated carbocycles. The molecule has 1 fully saturated rings. The minimum atomic E-state index is -0.160. The van der Waals surface area contributed by atoms with Crippen molar-refractivity contribution >= 4 is 5.91 Å². The van der Waals surface area contributed by atoms with Gasteiger partial charge in [0.15, 0.2) is 5.82 Å². The third kappa shape index (κ3) is 4.24. The molecule has 3 aromatic rings. The topological polar surface area (TPSA) is 96.7 Å². The summed E-state index contributed by atoms with van der Waals surface area (Å²) >= 11 is 0. The van der Waals surface area contributed by atoms with E-state index in [-0.39, 0.29) is 12.5 Å². The Labute approximate surface area is 157 Å². The third-order valence-corrected chi connectivity index (χ3v) is 5.04. The zero-order valence-electron chi connectivity index (χ0n) is 15.1. The standard InChI is InChI=1S/C20H23N5O2/c26-20(16-12-22-24-19(16)15-9-5-2-6-10-15)21-13-18-23-17(25-27-18)11-14-7-3-1-4-8-14/h1,3-4,7-8,12,15H,2,5-6,9-11,13H2,(H,21,26)(H,22,24). The predicted octanol–water partition coefficient (Wildman–Crippen LogP) is 3.36. The fourth-order valence-electron chi connectivity index (χ4n) is 3.64. The van der Waals surface area contributed by atoms with E-state index >= 15 is 0 Å². The van der Waals surface area contributed by atoms with Gasteiger partial charge in [-0.2, -0.15) is 10.1 Å². The van der Waals surface area contributed by atoms with Gasteiger partial charge in [0.25, 0.3) is 5.91 Å². The Morgan fingerprint density at radius 1 is 1.19 bits per heavy atom. The Balaban J connectivity index is 1.35. The molecule has 140 valence electrons. The molecular weight excluding hydrogens is 342 g/mol. The molecule has 7 nitrogen and oxygen atoms in total. The summed E-state index contributed by atoms with van der Waals surface area (Å²) in [4.78, 5) is 16.9. The zero-order chi connectivity index (χ0) is 18.5. The maximum atomic E-state index is 12.6. The number of nitrogens with one attached hydrogen (secondary N) is 2. The van der Waals surface area contributed by atoms with Crippen molar-refractivity contribution in [3.05, 3.63) is 65.1 Å². The quantitative estimate of drug-likeness (QED) is 0.698. The minimum absolute atomic E-state index is 0.160. The van der Waals surface area contributed by atoms with E-state index in [0.717, 1.165) is 24.1 Å². The van der Waals surface area contributed by atoms with Crippen molar-refractivity contribution in [3.8, 4) is 0 Å². The van der Waals surface area contributed by atoms with E-state index in [4.69, 9.17) is 4.52 Å². The van der Waals surface area contributed by atoms with E-state index in [1.54, 1.807) is 6.20 Å². The fraction of sp³-hybridized carbons (Fsp3) is 0.400. The first kappa shape index (κ1) is 17.5. The molecule has 7 heteroatoms. The van der Waals surface area contributed by atoms with E-state index in [1.165, 1.54) is 19.3 Å². The number of H-pyrrole nitrogens is 1. The van der Waals surface area contributed by atoms with Crippen LogP contribution in [0.1, 0.15) is 71.4 Å². The van der Waals surface area contributed by atoms with Crippen molar-refractivity contribution in [1.82, 2.24) is 25.7 Å². The molecule has 1 amide bonds. The van der Waals surface area contributed by atoms with E-state index < -0.39 is 0 Å². The van der Waals surface area contributed by atoms with Gasteiger partial charge in [-0.25, -0.2) is 0 Å². The molecular formula is C20H23N5O2. The van der Waals surface area contributed by atoms with Crippen molar-refractivity contribution in [2.45, 2.75) is 51.0 Å². The molecule has 1 aliphatic carbocycles. The predicted molar refractivity (Wildman–Crippen MR) is 99.1 cm³/mol. The molecule has 0 spiro atoms. The number of aromatic amines is 1. The van der Waals surface area contributed by atoms with Crippen LogP contribution in [0.25, 0.3) is 0 Å². The van der Waals surface area contributed by atoms with Crippen LogP contribution >= 0.6 is 0 Å². The van der Waals surface area contributed by atoms with Gasteiger partial charge in [-0.3, -0.25) is 9.89 Å². The van der Waals surface area contributed by atoms with Crippen LogP contribution in [0.15, 0.2) is 41.1 Å². The van der Waals surface area contributed by atoms with Crippen molar-refractivity contribution in [2.75, 3.05) is 0 Å². The van der Waals surface area contributed by atoms with Crippen LogP contribution in [0.5, 0.6) is 0 Å². The van der Waals surface area contributed by atoms with Crippen molar-refractivity contribution in [3.63, 3.8) is 0 Å². The maximum absolute atomic E-state index is 12.6.